The summed E-state index contributed by atoms with van der Waals surface area (Å²) in [5.74, 6) is 0. The van der Waals surface area contributed by atoms with Crippen molar-refractivity contribution < 1.29 is 8.42 Å². The van der Waals surface area contributed by atoms with Crippen molar-refractivity contribution in [2.24, 2.45) is 7.05 Å². The average molecular weight is 215 g/mol. The fraction of sp³-hybridized carbons (Fsp3) is 0.250. The second-order valence-electron chi connectivity index (χ2n) is 1.89. The Labute approximate surface area is 73.2 Å². The minimum atomic E-state index is -3.80. The zero-order valence-corrected chi connectivity index (χ0v) is 7.78. The van der Waals surface area contributed by atoms with E-state index in [0.29, 0.717) is 0 Å². The molecule has 0 aliphatic carbocycles. The lowest BCUT2D eigenvalue weighted by molar-refractivity contribution is 0.606. The van der Waals surface area contributed by atoms with Crippen LogP contribution in [0.1, 0.15) is 0 Å². The average Bonchev–Trinajstić information content (AvgIpc) is 2.11. The van der Waals surface area contributed by atoms with Crippen molar-refractivity contribution >= 4 is 31.3 Å². The summed E-state index contributed by atoms with van der Waals surface area (Å²) in [4.78, 5) is 3.50. The van der Waals surface area contributed by atoms with Crippen LogP contribution >= 0.6 is 22.3 Å². The molecule has 1 heterocycles. The SMILES string of the molecule is Cn1cnc(S(=O)(=O)Cl)c1Cl. The second-order valence-corrected chi connectivity index (χ2v) is 4.73. The van der Waals surface area contributed by atoms with Gasteiger partial charge in [-0.3, -0.25) is 0 Å². The maximum atomic E-state index is 10.7. The lowest BCUT2D eigenvalue weighted by Crippen LogP contribution is -1.92. The second kappa shape index (κ2) is 2.66. The molecule has 1 rings (SSSR count). The Hall–Kier alpha value is -0.260. The highest BCUT2D eigenvalue weighted by Crippen LogP contribution is 2.21. The summed E-state index contributed by atoms with van der Waals surface area (Å²) in [6, 6.07) is 0. The molecule has 0 radical (unpaired) electrons. The summed E-state index contributed by atoms with van der Waals surface area (Å²) < 4.78 is 22.7. The van der Waals surface area contributed by atoms with Crippen molar-refractivity contribution in [2.75, 3.05) is 0 Å². The highest BCUT2D eigenvalue weighted by molar-refractivity contribution is 8.13. The number of aryl methyl sites for hydroxylation is 1. The summed E-state index contributed by atoms with van der Waals surface area (Å²) in [5.41, 5.74) is 0. The number of imidazole rings is 1. The maximum Gasteiger partial charge on any atom is 0.281 e. The van der Waals surface area contributed by atoms with E-state index in [1.807, 2.05) is 0 Å². The van der Waals surface area contributed by atoms with Crippen molar-refractivity contribution in [3.63, 3.8) is 0 Å². The summed E-state index contributed by atoms with van der Waals surface area (Å²) in [7, 11) is 2.76. The van der Waals surface area contributed by atoms with Crippen LogP contribution in [-0.4, -0.2) is 18.0 Å². The van der Waals surface area contributed by atoms with Crippen LogP contribution in [0.3, 0.4) is 0 Å². The summed E-state index contributed by atoms with van der Waals surface area (Å²) in [6.45, 7) is 0. The van der Waals surface area contributed by atoms with Crippen LogP contribution in [0, 0.1) is 0 Å². The lowest BCUT2D eigenvalue weighted by atomic mass is 10.9. The van der Waals surface area contributed by atoms with Gasteiger partial charge < -0.3 is 4.57 Å². The first kappa shape index (κ1) is 8.83. The van der Waals surface area contributed by atoms with Crippen molar-refractivity contribution in [1.29, 1.82) is 0 Å². The highest BCUT2D eigenvalue weighted by Gasteiger charge is 2.18. The van der Waals surface area contributed by atoms with E-state index in [4.69, 9.17) is 22.3 Å². The van der Waals surface area contributed by atoms with Gasteiger partial charge in [0.2, 0.25) is 5.03 Å². The monoisotopic (exact) mass is 214 g/mol. The van der Waals surface area contributed by atoms with E-state index in [1.165, 1.54) is 10.9 Å². The molecule has 0 saturated carbocycles. The summed E-state index contributed by atoms with van der Waals surface area (Å²) >= 11 is 5.53. The standard InChI is InChI=1S/C4H4Cl2N2O2S/c1-8-2-7-4(3(8)5)11(6,9)10/h2H,1H3. The van der Waals surface area contributed by atoms with Crippen LogP contribution in [0.25, 0.3) is 0 Å². The van der Waals surface area contributed by atoms with E-state index >= 15 is 0 Å². The zero-order chi connectivity index (χ0) is 8.65. The molecular weight excluding hydrogens is 211 g/mol. The molecular formula is C4H4Cl2N2O2S. The Kier molecular flexibility index (Phi) is 2.13. The van der Waals surface area contributed by atoms with Gasteiger partial charge in [-0.15, -0.1) is 0 Å². The topological polar surface area (TPSA) is 52.0 Å². The Morgan fingerprint density at radius 1 is 1.64 bits per heavy atom. The molecule has 0 fully saturated rings. The van der Waals surface area contributed by atoms with Gasteiger partial charge in [-0.05, 0) is 0 Å². The van der Waals surface area contributed by atoms with Crippen molar-refractivity contribution in [3.05, 3.63) is 11.5 Å². The number of halogens is 2. The molecule has 0 spiro atoms. The third-order valence-electron chi connectivity index (χ3n) is 1.07. The number of aromatic nitrogens is 2. The van der Waals surface area contributed by atoms with Gasteiger partial charge in [0.25, 0.3) is 9.05 Å². The summed E-state index contributed by atoms with van der Waals surface area (Å²) in [6.07, 6.45) is 1.28. The Morgan fingerprint density at radius 3 is 2.36 bits per heavy atom. The first-order chi connectivity index (χ1) is 4.93. The van der Waals surface area contributed by atoms with E-state index in [-0.39, 0.29) is 10.2 Å². The molecule has 0 aromatic carbocycles. The number of hydrogen-bond donors (Lipinski definition) is 0. The van der Waals surface area contributed by atoms with Gasteiger partial charge in [0.1, 0.15) is 5.15 Å². The predicted molar refractivity (Wildman–Crippen MR) is 41.3 cm³/mol. The van der Waals surface area contributed by atoms with E-state index < -0.39 is 9.05 Å². The van der Waals surface area contributed by atoms with Gasteiger partial charge in [0.15, 0.2) is 0 Å². The third kappa shape index (κ3) is 1.66. The molecule has 1 aromatic heterocycles. The molecule has 1 aromatic rings. The van der Waals surface area contributed by atoms with Crippen LogP contribution in [0.4, 0.5) is 0 Å². The molecule has 0 aliphatic rings. The van der Waals surface area contributed by atoms with Gasteiger partial charge in [-0.2, -0.15) is 0 Å². The largest absolute Gasteiger partial charge is 0.324 e. The van der Waals surface area contributed by atoms with Gasteiger partial charge in [-0.25, -0.2) is 13.4 Å². The predicted octanol–water partition coefficient (Wildman–Crippen LogP) is 1.00. The lowest BCUT2D eigenvalue weighted by Gasteiger charge is -1.91. The van der Waals surface area contributed by atoms with Crippen LogP contribution in [0.15, 0.2) is 11.4 Å². The van der Waals surface area contributed by atoms with Crippen molar-refractivity contribution in [1.82, 2.24) is 9.55 Å². The fourth-order valence-corrected chi connectivity index (χ4v) is 1.93. The molecule has 11 heavy (non-hydrogen) atoms. The molecule has 0 N–H and O–H groups in total. The quantitative estimate of drug-likeness (QED) is 0.656. The normalized spacial score (nSPS) is 11.9. The minimum Gasteiger partial charge on any atom is -0.324 e. The van der Waals surface area contributed by atoms with E-state index in [9.17, 15) is 8.42 Å². The molecule has 0 amide bonds. The van der Waals surface area contributed by atoms with Gasteiger partial charge in [0, 0.05) is 17.7 Å². The smallest absolute Gasteiger partial charge is 0.281 e. The van der Waals surface area contributed by atoms with E-state index in [0.717, 1.165) is 0 Å². The fourth-order valence-electron chi connectivity index (χ4n) is 0.557. The van der Waals surface area contributed by atoms with Crippen molar-refractivity contribution in [3.8, 4) is 0 Å². The molecule has 0 bridgehead atoms. The summed E-state index contributed by atoms with van der Waals surface area (Å²) in [5, 5.41) is -0.289. The molecule has 7 heteroatoms. The number of nitrogens with zero attached hydrogens (tertiary/aromatic N) is 2. The van der Waals surface area contributed by atoms with Crippen LogP contribution < -0.4 is 0 Å². The molecule has 0 atom stereocenters. The first-order valence-corrected chi connectivity index (χ1v) is 5.23. The number of rotatable bonds is 1. The van der Waals surface area contributed by atoms with E-state index in [2.05, 4.69) is 4.98 Å². The molecule has 0 aliphatic heterocycles. The van der Waals surface area contributed by atoms with Gasteiger partial charge in [0.05, 0.1) is 6.33 Å². The molecule has 0 unspecified atom stereocenters. The van der Waals surface area contributed by atoms with Crippen LogP contribution in [-0.2, 0) is 16.1 Å². The van der Waals surface area contributed by atoms with Crippen molar-refractivity contribution in [2.45, 2.75) is 5.03 Å². The van der Waals surface area contributed by atoms with Gasteiger partial charge in [-0.1, -0.05) is 11.6 Å². The molecule has 0 saturated heterocycles. The Morgan fingerprint density at radius 2 is 2.18 bits per heavy atom. The maximum absolute atomic E-state index is 10.7. The first-order valence-electron chi connectivity index (χ1n) is 2.54. The minimum absolute atomic E-state index is 0.0139. The Balaban J connectivity index is 3.38. The highest BCUT2D eigenvalue weighted by atomic mass is 35.7. The van der Waals surface area contributed by atoms with Crippen LogP contribution in [0.2, 0.25) is 5.15 Å². The molecule has 4 nitrogen and oxygen atoms in total. The Bertz CT molecular complexity index is 369. The number of hydrogen-bond acceptors (Lipinski definition) is 3. The van der Waals surface area contributed by atoms with Gasteiger partial charge >= 0.3 is 0 Å². The molecule has 62 valence electrons. The third-order valence-corrected chi connectivity index (χ3v) is 2.82. The zero-order valence-electron chi connectivity index (χ0n) is 5.45. The van der Waals surface area contributed by atoms with Crippen LogP contribution in [0.5, 0.6) is 0 Å². The van der Waals surface area contributed by atoms with E-state index in [1.54, 1.807) is 7.05 Å².